The first-order chi connectivity index (χ1) is 9.90. The van der Waals surface area contributed by atoms with Crippen LogP contribution >= 0.6 is 0 Å². The average Bonchev–Trinajstić information content (AvgIpc) is 2.47. The van der Waals surface area contributed by atoms with Crippen molar-refractivity contribution in [3.05, 3.63) is 83.9 Å². The van der Waals surface area contributed by atoms with Crippen molar-refractivity contribution < 1.29 is 0 Å². The van der Waals surface area contributed by atoms with Crippen LogP contribution in [0.2, 0.25) is 0 Å². The number of allylic oxidation sites excluding steroid dienone is 1. The quantitative estimate of drug-likeness (QED) is 0.597. The summed E-state index contributed by atoms with van der Waals surface area (Å²) in [6, 6.07) is 18.7. The van der Waals surface area contributed by atoms with E-state index in [0.717, 1.165) is 0 Å². The molecule has 2 aromatic rings. The minimum Gasteiger partial charge on any atom is -0.0985 e. The molecule has 0 unspecified atom stereocenters. The van der Waals surface area contributed by atoms with Gasteiger partial charge in [0.2, 0.25) is 0 Å². The smallest absolute Gasteiger partial charge is 0.0200 e. The molecule has 0 fully saturated rings. The Morgan fingerprint density at radius 3 is 1.86 bits per heavy atom. The highest BCUT2D eigenvalue weighted by Crippen LogP contribution is 2.16. The fourth-order valence-corrected chi connectivity index (χ4v) is 1.61. The number of hydrogen-bond donors (Lipinski definition) is 0. The molecule has 0 saturated heterocycles. The van der Waals surface area contributed by atoms with Gasteiger partial charge in [-0.2, -0.15) is 0 Å². The highest BCUT2D eigenvalue weighted by atomic mass is 14.1. The van der Waals surface area contributed by atoms with E-state index in [1.165, 1.54) is 16.7 Å². The maximum atomic E-state index is 3.66. The molecule has 0 radical (unpaired) electrons. The lowest BCUT2D eigenvalue weighted by molar-refractivity contribution is 0.547. The van der Waals surface area contributed by atoms with Gasteiger partial charge in [0.25, 0.3) is 0 Å². The fourth-order valence-electron chi connectivity index (χ4n) is 1.61. The van der Waals surface area contributed by atoms with Crippen molar-refractivity contribution in [2.75, 3.05) is 0 Å². The van der Waals surface area contributed by atoms with Crippen LogP contribution < -0.4 is 0 Å². The lowest BCUT2D eigenvalue weighted by atomic mass is 9.95. The second-order valence-corrected chi connectivity index (χ2v) is 6.22. The number of aryl methyl sites for hydroxylation is 1. The maximum Gasteiger partial charge on any atom is -0.0200 e. The molecule has 0 spiro atoms. The Hall–Kier alpha value is -2.08. The molecule has 2 rings (SSSR count). The Balaban J connectivity index is 0.000000219. The summed E-state index contributed by atoms with van der Waals surface area (Å²) in [5.74, 6) is 0. The zero-order valence-electron chi connectivity index (χ0n) is 13.6. The van der Waals surface area contributed by atoms with Crippen molar-refractivity contribution >= 4 is 12.2 Å². The summed E-state index contributed by atoms with van der Waals surface area (Å²) >= 11 is 0. The molecule has 110 valence electrons. The van der Waals surface area contributed by atoms with E-state index >= 15 is 0 Å². The van der Waals surface area contributed by atoms with Gasteiger partial charge in [0.05, 0.1) is 0 Å². The zero-order valence-corrected chi connectivity index (χ0v) is 13.6. The van der Waals surface area contributed by atoms with Crippen LogP contribution in [-0.2, 0) is 0 Å². The van der Waals surface area contributed by atoms with Gasteiger partial charge in [0.1, 0.15) is 0 Å². The van der Waals surface area contributed by atoms with E-state index < -0.39 is 0 Å². The van der Waals surface area contributed by atoms with Crippen molar-refractivity contribution in [2.24, 2.45) is 5.41 Å². The molecule has 0 bridgehead atoms. The van der Waals surface area contributed by atoms with Crippen LogP contribution in [0.25, 0.3) is 12.2 Å². The Bertz CT molecular complexity index is 551. The first-order valence-corrected chi connectivity index (χ1v) is 7.34. The third-order valence-corrected chi connectivity index (χ3v) is 2.89. The largest absolute Gasteiger partial charge is 0.0985 e. The SMILES string of the molecule is C=Cc1ccc(C)cc1.CC(C)(C)C=Cc1ccccc1. The van der Waals surface area contributed by atoms with Crippen molar-refractivity contribution in [2.45, 2.75) is 27.7 Å². The van der Waals surface area contributed by atoms with Crippen molar-refractivity contribution in [1.82, 2.24) is 0 Å². The van der Waals surface area contributed by atoms with Crippen LogP contribution in [-0.4, -0.2) is 0 Å². The normalized spacial score (nSPS) is 10.9. The van der Waals surface area contributed by atoms with E-state index in [-0.39, 0.29) is 5.41 Å². The third-order valence-electron chi connectivity index (χ3n) is 2.89. The van der Waals surface area contributed by atoms with Gasteiger partial charge in [-0.3, -0.25) is 0 Å². The van der Waals surface area contributed by atoms with Gasteiger partial charge in [-0.05, 0) is 23.5 Å². The van der Waals surface area contributed by atoms with E-state index in [9.17, 15) is 0 Å². The third kappa shape index (κ3) is 7.94. The second kappa shape index (κ2) is 8.26. The predicted molar refractivity (Wildman–Crippen MR) is 96.2 cm³/mol. The summed E-state index contributed by atoms with van der Waals surface area (Å²) in [6.07, 6.45) is 6.24. The van der Waals surface area contributed by atoms with E-state index in [1.807, 2.05) is 12.1 Å². The van der Waals surface area contributed by atoms with Crippen LogP contribution in [0.15, 0.2) is 67.3 Å². The summed E-state index contributed by atoms with van der Waals surface area (Å²) in [7, 11) is 0. The zero-order chi connectivity index (χ0) is 15.7. The minimum atomic E-state index is 0.274. The van der Waals surface area contributed by atoms with E-state index in [2.05, 4.69) is 95.0 Å². The van der Waals surface area contributed by atoms with E-state index in [4.69, 9.17) is 0 Å². The van der Waals surface area contributed by atoms with Gasteiger partial charge in [-0.25, -0.2) is 0 Å². The molecule has 0 aliphatic heterocycles. The number of hydrogen-bond acceptors (Lipinski definition) is 0. The van der Waals surface area contributed by atoms with Gasteiger partial charge < -0.3 is 0 Å². The highest BCUT2D eigenvalue weighted by Gasteiger charge is 2.02. The molecule has 0 aromatic heterocycles. The Morgan fingerprint density at radius 1 is 0.810 bits per heavy atom. The maximum absolute atomic E-state index is 3.66. The minimum absolute atomic E-state index is 0.274. The summed E-state index contributed by atoms with van der Waals surface area (Å²) in [4.78, 5) is 0. The van der Waals surface area contributed by atoms with Gasteiger partial charge in [-0.1, -0.05) is 106 Å². The Labute approximate surface area is 129 Å². The molecule has 0 atom stereocenters. The molecule has 21 heavy (non-hydrogen) atoms. The molecule has 0 nitrogen and oxygen atoms in total. The summed E-state index contributed by atoms with van der Waals surface area (Å²) in [5, 5.41) is 0. The van der Waals surface area contributed by atoms with Crippen LogP contribution in [0.4, 0.5) is 0 Å². The summed E-state index contributed by atoms with van der Waals surface area (Å²) in [5.41, 5.74) is 4.02. The second-order valence-electron chi connectivity index (χ2n) is 6.22. The van der Waals surface area contributed by atoms with Crippen molar-refractivity contribution in [3.63, 3.8) is 0 Å². The Morgan fingerprint density at radius 2 is 1.38 bits per heavy atom. The first kappa shape index (κ1) is 17.0. The topological polar surface area (TPSA) is 0 Å². The molecule has 2 aromatic carbocycles. The molecule has 0 heteroatoms. The molecule has 0 heterocycles. The molecule has 0 aliphatic rings. The van der Waals surface area contributed by atoms with Crippen LogP contribution in [0, 0.1) is 12.3 Å². The van der Waals surface area contributed by atoms with Gasteiger partial charge in [0.15, 0.2) is 0 Å². The molecular formula is C21H26. The summed E-state index contributed by atoms with van der Waals surface area (Å²) < 4.78 is 0. The van der Waals surface area contributed by atoms with Crippen molar-refractivity contribution in [1.29, 1.82) is 0 Å². The van der Waals surface area contributed by atoms with Crippen LogP contribution in [0.1, 0.15) is 37.5 Å². The van der Waals surface area contributed by atoms with Crippen LogP contribution in [0.5, 0.6) is 0 Å². The molecule has 0 aliphatic carbocycles. The summed E-state index contributed by atoms with van der Waals surface area (Å²) in [6.45, 7) is 12.3. The van der Waals surface area contributed by atoms with Crippen LogP contribution in [0.3, 0.4) is 0 Å². The number of benzene rings is 2. The standard InChI is InChI=1S/C12H16.C9H10/c1-12(2,3)10-9-11-7-5-4-6-8-11;1-3-9-6-4-8(2)5-7-9/h4-10H,1-3H3;3-7H,1H2,2H3. The average molecular weight is 278 g/mol. The Kier molecular flexibility index (Phi) is 6.68. The fraction of sp³-hybridized carbons (Fsp3) is 0.238. The van der Waals surface area contributed by atoms with Gasteiger partial charge in [-0.15, -0.1) is 0 Å². The van der Waals surface area contributed by atoms with E-state index in [1.54, 1.807) is 0 Å². The lowest BCUT2D eigenvalue weighted by Gasteiger charge is -2.10. The monoisotopic (exact) mass is 278 g/mol. The van der Waals surface area contributed by atoms with E-state index in [0.29, 0.717) is 0 Å². The van der Waals surface area contributed by atoms with Gasteiger partial charge >= 0.3 is 0 Å². The molecule has 0 amide bonds. The highest BCUT2D eigenvalue weighted by molar-refractivity contribution is 5.49. The lowest BCUT2D eigenvalue weighted by Crippen LogP contribution is -1.97. The molecular weight excluding hydrogens is 252 g/mol. The van der Waals surface area contributed by atoms with Crippen molar-refractivity contribution in [3.8, 4) is 0 Å². The molecule has 0 saturated carbocycles. The van der Waals surface area contributed by atoms with Gasteiger partial charge in [0, 0.05) is 0 Å². The predicted octanol–water partition coefficient (Wildman–Crippen LogP) is 6.38. The first-order valence-electron chi connectivity index (χ1n) is 7.34. The number of rotatable bonds is 2. The molecule has 0 N–H and O–H groups in total.